The smallest absolute Gasteiger partial charge is 0.253 e. The number of aryl methyl sites for hydroxylation is 2. The predicted molar refractivity (Wildman–Crippen MR) is 78.6 cm³/mol. The first-order valence-electron chi connectivity index (χ1n) is 6.82. The average molecular weight is 326 g/mol. The van der Waals surface area contributed by atoms with Gasteiger partial charge in [-0.2, -0.15) is 10.2 Å². The average Bonchev–Trinajstić information content (AvgIpc) is 2.87. The summed E-state index contributed by atoms with van der Waals surface area (Å²) in [7, 11) is 0. The number of aromatic nitrogens is 2. The number of carbonyl (C=O) groups excluding carboxylic acids is 1. The van der Waals surface area contributed by atoms with Crippen molar-refractivity contribution in [3.63, 3.8) is 0 Å². The number of rotatable bonds is 4. The number of alkyl halides is 1. The van der Waals surface area contributed by atoms with Crippen molar-refractivity contribution < 1.29 is 4.79 Å². The molecule has 1 aromatic heterocycles. The minimum atomic E-state index is -0.0841. The Morgan fingerprint density at radius 1 is 1.42 bits per heavy atom. The largest absolute Gasteiger partial charge is 0.346 e. The molecule has 0 unspecified atom stereocenters. The van der Waals surface area contributed by atoms with Gasteiger partial charge in [-0.25, -0.2) is 0 Å². The van der Waals surface area contributed by atoms with Crippen molar-refractivity contribution in [3.8, 4) is 0 Å². The van der Waals surface area contributed by atoms with Gasteiger partial charge in [-0.3, -0.25) is 4.79 Å². The molecule has 1 saturated carbocycles. The van der Waals surface area contributed by atoms with Crippen LogP contribution >= 0.6 is 15.9 Å². The van der Waals surface area contributed by atoms with Gasteiger partial charge in [0.15, 0.2) is 0 Å². The molecule has 0 atom stereocenters. The fourth-order valence-corrected chi connectivity index (χ4v) is 3.32. The van der Waals surface area contributed by atoms with Gasteiger partial charge in [0.1, 0.15) is 0 Å². The first kappa shape index (κ1) is 14.4. The second-order valence-electron chi connectivity index (χ2n) is 5.27. The molecule has 5 heteroatoms. The highest BCUT2D eigenvalue weighted by atomic mass is 79.9. The van der Waals surface area contributed by atoms with Crippen molar-refractivity contribution in [2.45, 2.75) is 51.5 Å². The molecule has 1 amide bonds. The first-order valence-corrected chi connectivity index (χ1v) is 7.94. The lowest BCUT2D eigenvalue weighted by Gasteiger charge is -2.28. The molecule has 1 fully saturated rings. The number of hydrogen-bond acceptors (Lipinski definition) is 3. The third-order valence-electron chi connectivity index (χ3n) is 3.77. The lowest BCUT2D eigenvalue weighted by Crippen LogP contribution is -2.48. The van der Waals surface area contributed by atoms with E-state index in [1.807, 2.05) is 19.9 Å². The molecule has 0 spiro atoms. The molecule has 4 nitrogen and oxygen atoms in total. The Morgan fingerprint density at radius 2 is 2.11 bits per heavy atom. The Bertz CT molecular complexity index is 470. The summed E-state index contributed by atoms with van der Waals surface area (Å²) in [5.41, 5.74) is 2.13. The molecule has 0 bridgehead atoms. The van der Waals surface area contributed by atoms with Crippen molar-refractivity contribution in [1.29, 1.82) is 0 Å². The maximum atomic E-state index is 12.5. The number of halogens is 1. The highest BCUT2D eigenvalue weighted by Crippen LogP contribution is 2.31. The summed E-state index contributed by atoms with van der Waals surface area (Å²) >= 11 is 3.54. The molecular formula is C14H20BrN3O. The van der Waals surface area contributed by atoms with Crippen LogP contribution in [0.25, 0.3) is 0 Å². The summed E-state index contributed by atoms with van der Waals surface area (Å²) < 4.78 is 0. The van der Waals surface area contributed by atoms with E-state index in [0.29, 0.717) is 5.56 Å². The summed E-state index contributed by atoms with van der Waals surface area (Å²) in [4.78, 5) is 12.5. The third-order valence-corrected chi connectivity index (χ3v) is 4.84. The summed E-state index contributed by atoms with van der Waals surface area (Å²) in [6, 6.07) is 1.83. The van der Waals surface area contributed by atoms with Crippen molar-refractivity contribution >= 4 is 21.8 Å². The molecule has 1 aromatic rings. The molecule has 1 heterocycles. The second kappa shape index (κ2) is 5.99. The van der Waals surface area contributed by atoms with Crippen LogP contribution in [-0.2, 0) is 6.42 Å². The van der Waals surface area contributed by atoms with E-state index in [1.165, 1.54) is 12.8 Å². The van der Waals surface area contributed by atoms with Crippen LogP contribution in [0.15, 0.2) is 6.07 Å². The van der Waals surface area contributed by atoms with Crippen LogP contribution in [0.5, 0.6) is 0 Å². The number of nitrogens with zero attached hydrogens (tertiary/aromatic N) is 2. The molecule has 1 aliphatic rings. The molecule has 2 rings (SSSR count). The quantitative estimate of drug-likeness (QED) is 0.866. The summed E-state index contributed by atoms with van der Waals surface area (Å²) in [5, 5.41) is 12.2. The lowest BCUT2D eigenvalue weighted by molar-refractivity contribution is 0.0908. The van der Waals surface area contributed by atoms with Gasteiger partial charge in [0.05, 0.1) is 22.5 Å². The van der Waals surface area contributed by atoms with E-state index in [2.05, 4.69) is 31.4 Å². The molecule has 0 aliphatic heterocycles. The van der Waals surface area contributed by atoms with Crippen LogP contribution in [0.3, 0.4) is 0 Å². The molecule has 0 saturated heterocycles. The topological polar surface area (TPSA) is 54.9 Å². The van der Waals surface area contributed by atoms with E-state index in [0.717, 1.165) is 36.0 Å². The summed E-state index contributed by atoms with van der Waals surface area (Å²) in [6.45, 7) is 3.85. The van der Waals surface area contributed by atoms with E-state index in [4.69, 9.17) is 0 Å². The van der Waals surface area contributed by atoms with E-state index >= 15 is 0 Å². The maximum absolute atomic E-state index is 12.5. The minimum absolute atomic E-state index is 0.0174. The van der Waals surface area contributed by atoms with E-state index < -0.39 is 0 Å². The number of hydrogen-bond donors (Lipinski definition) is 1. The van der Waals surface area contributed by atoms with Gasteiger partial charge < -0.3 is 5.32 Å². The van der Waals surface area contributed by atoms with Gasteiger partial charge in [-0.15, -0.1) is 0 Å². The third kappa shape index (κ3) is 3.14. The highest BCUT2D eigenvalue weighted by molar-refractivity contribution is 9.09. The van der Waals surface area contributed by atoms with Gasteiger partial charge in [0, 0.05) is 5.33 Å². The number of amides is 1. The van der Waals surface area contributed by atoms with Crippen molar-refractivity contribution in [1.82, 2.24) is 15.5 Å². The van der Waals surface area contributed by atoms with Crippen LogP contribution in [0.1, 0.15) is 54.4 Å². The van der Waals surface area contributed by atoms with Gasteiger partial charge in [0.25, 0.3) is 5.91 Å². The Hall–Kier alpha value is -0.970. The highest BCUT2D eigenvalue weighted by Gasteiger charge is 2.34. The van der Waals surface area contributed by atoms with Crippen LogP contribution in [0, 0.1) is 6.92 Å². The molecule has 19 heavy (non-hydrogen) atoms. The summed E-state index contributed by atoms with van der Waals surface area (Å²) in [5.74, 6) is -0.0174. The zero-order chi connectivity index (χ0) is 13.9. The molecule has 1 N–H and O–H groups in total. The van der Waals surface area contributed by atoms with Gasteiger partial charge in [-0.1, -0.05) is 35.7 Å². The van der Waals surface area contributed by atoms with Gasteiger partial charge >= 0.3 is 0 Å². The van der Waals surface area contributed by atoms with Crippen LogP contribution in [0.4, 0.5) is 0 Å². The van der Waals surface area contributed by atoms with E-state index in [1.54, 1.807) is 0 Å². The number of nitrogens with one attached hydrogen (secondary N) is 1. The van der Waals surface area contributed by atoms with Crippen molar-refractivity contribution in [2.75, 3.05) is 5.33 Å². The Balaban J connectivity index is 2.22. The minimum Gasteiger partial charge on any atom is -0.346 e. The monoisotopic (exact) mass is 325 g/mol. The fraction of sp³-hybridized carbons (Fsp3) is 0.643. The van der Waals surface area contributed by atoms with E-state index in [-0.39, 0.29) is 11.4 Å². The molecule has 1 aliphatic carbocycles. The van der Waals surface area contributed by atoms with Crippen LogP contribution in [0.2, 0.25) is 0 Å². The molecule has 0 aromatic carbocycles. The van der Waals surface area contributed by atoms with Crippen molar-refractivity contribution in [2.24, 2.45) is 0 Å². The first-order chi connectivity index (χ1) is 9.10. The normalized spacial score (nSPS) is 17.4. The molecule has 104 valence electrons. The standard InChI is InChI=1S/C14H20BrN3O/c1-3-12-11(8-10(2)17-18-12)13(19)16-14(9-15)6-4-5-7-14/h8H,3-7,9H2,1-2H3,(H,16,19). The number of carbonyl (C=O) groups is 1. The fourth-order valence-electron chi connectivity index (χ4n) is 2.62. The van der Waals surface area contributed by atoms with E-state index in [9.17, 15) is 4.79 Å². The van der Waals surface area contributed by atoms with Gasteiger partial charge in [0.2, 0.25) is 0 Å². The SMILES string of the molecule is CCc1nnc(C)cc1C(=O)NC1(CBr)CCCC1. The zero-order valence-corrected chi connectivity index (χ0v) is 13.1. The lowest BCUT2D eigenvalue weighted by atomic mass is 9.99. The van der Waals surface area contributed by atoms with Crippen LogP contribution < -0.4 is 5.32 Å². The van der Waals surface area contributed by atoms with Gasteiger partial charge in [-0.05, 0) is 32.3 Å². The van der Waals surface area contributed by atoms with Crippen molar-refractivity contribution in [3.05, 3.63) is 23.0 Å². The predicted octanol–water partition coefficient (Wildman–Crippen LogP) is 2.78. The summed E-state index contributed by atoms with van der Waals surface area (Å²) in [6.07, 6.45) is 5.17. The Labute approximate surface area is 122 Å². The second-order valence-corrected chi connectivity index (χ2v) is 5.84. The van der Waals surface area contributed by atoms with Crippen LogP contribution in [-0.4, -0.2) is 27.0 Å². The zero-order valence-electron chi connectivity index (χ0n) is 11.5. The Kier molecular flexibility index (Phi) is 4.55. The molecule has 0 radical (unpaired) electrons. The maximum Gasteiger partial charge on any atom is 0.253 e. The Morgan fingerprint density at radius 3 is 2.68 bits per heavy atom. The molecular weight excluding hydrogens is 306 g/mol.